The van der Waals surface area contributed by atoms with Gasteiger partial charge >= 0.3 is 5.97 Å². The van der Waals surface area contributed by atoms with E-state index in [1.165, 1.54) is 51.5 Å². The Morgan fingerprint density at radius 1 is 1.08 bits per heavy atom. The van der Waals surface area contributed by atoms with Crippen molar-refractivity contribution in [2.75, 3.05) is 12.9 Å². The molecule has 0 saturated heterocycles. The first-order valence-corrected chi connectivity index (χ1v) is 9.67. The summed E-state index contributed by atoms with van der Waals surface area (Å²) in [5.41, 5.74) is 4.67. The lowest BCUT2D eigenvalue weighted by Crippen LogP contribution is -2.11. The van der Waals surface area contributed by atoms with Crippen LogP contribution < -0.4 is 5.73 Å². The van der Waals surface area contributed by atoms with E-state index in [4.69, 9.17) is 5.11 Å². The normalized spacial score (nSPS) is 11.7. The number of aliphatic hydroxyl groups is 1. The van der Waals surface area contributed by atoms with Crippen LogP contribution in [0, 0.1) is 0 Å². The Morgan fingerprint density at radius 3 is 2.12 bits per heavy atom. The second kappa shape index (κ2) is 20.2. The first-order chi connectivity index (χ1) is 11.4. The predicted molar refractivity (Wildman–Crippen MR) is 102 cm³/mol. The van der Waals surface area contributed by atoms with E-state index in [2.05, 4.69) is 22.6 Å². The molecule has 0 amide bonds. The largest absolute Gasteiger partial charge is 0.469 e. The number of aliphatic hydroxyl groups excluding tert-OH is 1. The Morgan fingerprint density at radius 2 is 1.58 bits per heavy atom. The van der Waals surface area contributed by atoms with E-state index in [-0.39, 0.29) is 11.1 Å². The van der Waals surface area contributed by atoms with Crippen molar-refractivity contribution in [1.29, 1.82) is 0 Å². The van der Waals surface area contributed by atoms with Crippen LogP contribution in [0.25, 0.3) is 0 Å². The summed E-state index contributed by atoms with van der Waals surface area (Å²) in [6, 6.07) is 0. The highest BCUT2D eigenvalue weighted by Crippen LogP contribution is 2.10. The minimum absolute atomic E-state index is 0.0990. The molecule has 0 aromatic carbocycles. The lowest BCUT2D eigenvalue weighted by molar-refractivity contribution is -0.140. The second-order valence-corrected chi connectivity index (χ2v) is 6.85. The van der Waals surface area contributed by atoms with E-state index in [1.54, 1.807) is 6.92 Å². The third kappa shape index (κ3) is 29.2. The van der Waals surface area contributed by atoms with Gasteiger partial charge in [0.1, 0.15) is 0 Å². The summed E-state index contributed by atoms with van der Waals surface area (Å²) in [4.78, 5) is 21.6. The van der Waals surface area contributed by atoms with Gasteiger partial charge in [-0.15, -0.1) is 0 Å². The van der Waals surface area contributed by atoms with Crippen molar-refractivity contribution >= 4 is 22.8 Å². The topological polar surface area (TPSA) is 89.6 Å². The minimum atomic E-state index is -0.667. The minimum Gasteiger partial charge on any atom is -0.469 e. The number of allylic oxidation sites excluding steroid dienone is 2. The third-order valence-corrected chi connectivity index (χ3v) is 3.83. The van der Waals surface area contributed by atoms with Crippen molar-refractivity contribution < 1.29 is 19.4 Å². The summed E-state index contributed by atoms with van der Waals surface area (Å²) in [6.45, 7) is 3.11. The van der Waals surface area contributed by atoms with E-state index in [9.17, 15) is 9.59 Å². The van der Waals surface area contributed by atoms with Gasteiger partial charge in [-0.1, -0.05) is 49.6 Å². The summed E-state index contributed by atoms with van der Waals surface area (Å²) in [7, 11) is 1.44. The maximum Gasteiger partial charge on any atom is 0.305 e. The third-order valence-electron chi connectivity index (χ3n) is 2.99. The van der Waals surface area contributed by atoms with Gasteiger partial charge in [-0.3, -0.25) is 9.59 Å². The maximum atomic E-state index is 10.9. The number of methoxy groups -OCH3 is 1. The fraction of sp³-hybridized carbons (Fsp3) is 0.778. The van der Waals surface area contributed by atoms with Gasteiger partial charge in [0.2, 0.25) is 0 Å². The van der Waals surface area contributed by atoms with Crippen LogP contribution in [0.4, 0.5) is 0 Å². The predicted octanol–water partition coefficient (Wildman–Crippen LogP) is 3.79. The number of nitrogens with two attached hydrogens (primary N) is 1. The summed E-state index contributed by atoms with van der Waals surface area (Å²) in [6.07, 6.45) is 13.4. The highest BCUT2D eigenvalue weighted by molar-refractivity contribution is 8.13. The van der Waals surface area contributed by atoms with Gasteiger partial charge in [0.25, 0.3) is 0 Å². The van der Waals surface area contributed by atoms with Crippen molar-refractivity contribution in [2.24, 2.45) is 5.73 Å². The van der Waals surface area contributed by atoms with Crippen LogP contribution in [0.5, 0.6) is 0 Å². The molecule has 142 valence electrons. The van der Waals surface area contributed by atoms with Gasteiger partial charge < -0.3 is 15.6 Å². The number of hydrogen-bond acceptors (Lipinski definition) is 6. The van der Waals surface area contributed by atoms with Gasteiger partial charge in [-0.25, -0.2) is 0 Å². The number of unbranched alkanes of at least 4 members (excludes halogenated alkanes) is 6. The lowest BCUT2D eigenvalue weighted by Gasteiger charge is -2.00. The van der Waals surface area contributed by atoms with Crippen molar-refractivity contribution in [2.45, 2.75) is 77.9 Å². The molecule has 24 heavy (non-hydrogen) atoms. The maximum absolute atomic E-state index is 10.9. The average molecular weight is 362 g/mol. The van der Waals surface area contributed by atoms with Crippen molar-refractivity contribution in [1.82, 2.24) is 0 Å². The molecule has 3 N–H and O–H groups in total. The molecule has 0 aromatic rings. The van der Waals surface area contributed by atoms with E-state index in [1.807, 2.05) is 0 Å². The monoisotopic (exact) mass is 361 g/mol. The van der Waals surface area contributed by atoms with Crippen molar-refractivity contribution in [3.63, 3.8) is 0 Å². The molecule has 0 saturated carbocycles. The highest BCUT2D eigenvalue weighted by Gasteiger charge is 1.98. The lowest BCUT2D eigenvalue weighted by atomic mass is 10.1. The van der Waals surface area contributed by atoms with E-state index < -0.39 is 6.23 Å². The number of ether oxygens (including phenoxy) is 1. The van der Waals surface area contributed by atoms with Crippen LogP contribution >= 0.6 is 11.8 Å². The van der Waals surface area contributed by atoms with Crippen LogP contribution in [0.1, 0.15) is 71.6 Å². The van der Waals surface area contributed by atoms with E-state index in [0.717, 1.165) is 31.4 Å². The summed E-state index contributed by atoms with van der Waals surface area (Å²) in [5.74, 6) is 0.796. The quantitative estimate of drug-likeness (QED) is 0.238. The van der Waals surface area contributed by atoms with Crippen molar-refractivity contribution in [3.05, 3.63) is 12.2 Å². The van der Waals surface area contributed by atoms with Gasteiger partial charge in [-0.05, 0) is 32.6 Å². The molecule has 1 unspecified atom stereocenters. The fourth-order valence-electron chi connectivity index (χ4n) is 1.85. The Balaban J connectivity index is 0. The Hall–Kier alpha value is -0.850. The van der Waals surface area contributed by atoms with Crippen LogP contribution in [0.3, 0.4) is 0 Å². The SMILES string of the molecule is CC(N)O.COC(=O)CCCCCCCC/C=C/CCSC(C)=O. The number of rotatable bonds is 12. The number of thioether (sulfide) groups is 1. The van der Waals surface area contributed by atoms with Crippen LogP contribution in [0.2, 0.25) is 0 Å². The summed E-state index contributed by atoms with van der Waals surface area (Å²) < 4.78 is 4.60. The molecule has 0 aliphatic heterocycles. The molecule has 0 spiro atoms. The highest BCUT2D eigenvalue weighted by atomic mass is 32.2. The molecule has 0 heterocycles. The first kappa shape index (κ1) is 25.4. The Bertz CT molecular complexity index is 330. The van der Waals surface area contributed by atoms with Gasteiger partial charge in [0.05, 0.1) is 13.3 Å². The molecular weight excluding hydrogens is 326 g/mol. The second-order valence-electron chi connectivity index (χ2n) is 5.58. The standard InChI is InChI=1S/C16H28O3S.C2H7NO/c1-15(17)20-14-12-10-8-6-4-3-5-7-9-11-13-16(18)19-2;1-2(3)4/h8,10H,3-7,9,11-14H2,1-2H3;2,4H,3H2,1H3/b10-8+;. The molecule has 5 nitrogen and oxygen atoms in total. The van der Waals surface area contributed by atoms with Crippen LogP contribution in [-0.2, 0) is 14.3 Å². The molecule has 0 rings (SSSR count). The first-order valence-electron chi connectivity index (χ1n) is 8.69. The van der Waals surface area contributed by atoms with Gasteiger partial charge in [0.15, 0.2) is 5.12 Å². The molecule has 0 aliphatic rings. The van der Waals surface area contributed by atoms with Gasteiger partial charge in [0, 0.05) is 19.1 Å². The zero-order chi connectivity index (χ0) is 18.6. The Labute approximate surface area is 151 Å². The molecular formula is C18H35NO4S. The molecule has 0 bridgehead atoms. The number of hydrogen-bond donors (Lipinski definition) is 2. The molecule has 0 aromatic heterocycles. The van der Waals surface area contributed by atoms with Crippen molar-refractivity contribution in [3.8, 4) is 0 Å². The average Bonchev–Trinajstić information content (AvgIpc) is 2.50. The molecule has 6 heteroatoms. The van der Waals surface area contributed by atoms with Crippen LogP contribution in [-0.4, -0.2) is 35.3 Å². The van der Waals surface area contributed by atoms with Gasteiger partial charge in [-0.2, -0.15) is 0 Å². The Kier molecular flexibility index (Phi) is 21.4. The summed E-state index contributed by atoms with van der Waals surface area (Å²) in [5, 5.41) is 8.03. The fourth-order valence-corrected chi connectivity index (χ4v) is 2.39. The molecule has 0 radical (unpaired) electrons. The molecule has 0 fully saturated rings. The number of esters is 1. The molecule has 1 atom stereocenters. The zero-order valence-corrected chi connectivity index (χ0v) is 16.3. The number of carbonyl (C=O) groups excluding carboxylic acids is 2. The van der Waals surface area contributed by atoms with E-state index in [0.29, 0.717) is 6.42 Å². The molecule has 0 aliphatic carbocycles. The smallest absolute Gasteiger partial charge is 0.305 e. The summed E-state index contributed by atoms with van der Waals surface area (Å²) >= 11 is 1.39. The zero-order valence-electron chi connectivity index (χ0n) is 15.5. The number of carbonyl (C=O) groups is 2. The van der Waals surface area contributed by atoms with Crippen LogP contribution in [0.15, 0.2) is 12.2 Å². The van der Waals surface area contributed by atoms with E-state index >= 15 is 0 Å².